The second kappa shape index (κ2) is 27.0. The van der Waals surface area contributed by atoms with Gasteiger partial charge in [0.1, 0.15) is 22.2 Å². The summed E-state index contributed by atoms with van der Waals surface area (Å²) in [5, 5.41) is 20.0. The monoisotopic (exact) mass is 1370 g/mol. The first-order valence-electron chi connectivity index (χ1n) is 30.7. The molecule has 12 rings (SSSR count). The quantitative estimate of drug-likeness (QED) is 0.0754. The Balaban J connectivity index is 0.000000183. The minimum absolute atomic E-state index is 0. The summed E-state index contributed by atoms with van der Waals surface area (Å²) >= 11 is 18.5. The van der Waals surface area contributed by atoms with E-state index in [1.54, 1.807) is 37.2 Å². The molecule has 2 aliphatic carbocycles. The highest BCUT2D eigenvalue weighted by Gasteiger charge is 2.56. The van der Waals surface area contributed by atoms with Gasteiger partial charge in [0, 0.05) is 95.8 Å². The number of ether oxygens (including phenoxy) is 2. The molecule has 0 bridgehead atoms. The third-order valence-corrected chi connectivity index (χ3v) is 19.2. The highest BCUT2D eigenvalue weighted by molar-refractivity contribution is 7.92. The van der Waals surface area contributed by atoms with E-state index in [1.165, 1.54) is 37.1 Å². The summed E-state index contributed by atoms with van der Waals surface area (Å²) in [6.07, 6.45) is 14.7. The predicted molar refractivity (Wildman–Crippen MR) is 357 cm³/mol. The number of benzene rings is 2. The van der Waals surface area contributed by atoms with E-state index in [0.717, 1.165) is 99.7 Å². The molecule has 2 spiro atoms. The summed E-state index contributed by atoms with van der Waals surface area (Å²) in [4.78, 5) is 66.7. The van der Waals surface area contributed by atoms with Crippen molar-refractivity contribution in [1.82, 2.24) is 54.9 Å². The largest absolute Gasteiger partial charge is 0.444 e. The number of alkyl carbamates (subject to hydrolysis) is 2. The van der Waals surface area contributed by atoms with Gasteiger partial charge in [-0.1, -0.05) is 42.2 Å². The van der Waals surface area contributed by atoms with Crippen molar-refractivity contribution in [1.29, 1.82) is 0 Å². The van der Waals surface area contributed by atoms with E-state index >= 15 is 0 Å². The van der Waals surface area contributed by atoms with Crippen LogP contribution in [0.3, 0.4) is 0 Å². The van der Waals surface area contributed by atoms with Crippen molar-refractivity contribution in [2.45, 2.75) is 162 Å². The molecule has 500 valence electrons. The number of hydrogen-bond acceptors (Lipinski definition) is 16. The Kier molecular flexibility index (Phi) is 20.4. The smallest absolute Gasteiger partial charge is 0.407 e. The van der Waals surface area contributed by atoms with Gasteiger partial charge in [0.2, 0.25) is 20.0 Å². The summed E-state index contributed by atoms with van der Waals surface area (Å²) in [5.41, 5.74) is 4.62. The van der Waals surface area contributed by atoms with Gasteiger partial charge in [0.15, 0.2) is 11.3 Å². The number of aromatic nitrogens is 6. The van der Waals surface area contributed by atoms with Gasteiger partial charge in [-0.25, -0.2) is 45.4 Å². The van der Waals surface area contributed by atoms with E-state index < -0.39 is 37.3 Å². The van der Waals surface area contributed by atoms with E-state index in [1.807, 2.05) is 73.7 Å². The fraction of sp³-hybridized carbons (Fsp3) is 0.556. The van der Waals surface area contributed by atoms with Gasteiger partial charge in [-0.2, -0.15) is 10.2 Å². The molecular formula is C63H85Cl3N14O10S2. The first-order chi connectivity index (χ1) is 42.6. The summed E-state index contributed by atoms with van der Waals surface area (Å²) in [5.74, 6) is 0.226. The Morgan fingerprint density at radius 3 is 1.54 bits per heavy atom. The number of aryl methyl sites for hydroxylation is 2. The van der Waals surface area contributed by atoms with Crippen LogP contribution >= 0.6 is 34.8 Å². The maximum Gasteiger partial charge on any atom is 0.407 e. The number of piperidine rings is 2. The average Bonchev–Trinajstić information content (AvgIpc) is 1.58. The molecule has 4 amide bonds. The van der Waals surface area contributed by atoms with Gasteiger partial charge in [-0.05, 0) is 156 Å². The van der Waals surface area contributed by atoms with Crippen molar-refractivity contribution in [2.24, 2.45) is 10.8 Å². The number of anilines is 3. The molecule has 2 saturated carbocycles. The number of nitrogens with zero attached hydrogens (tertiary/aromatic N) is 9. The van der Waals surface area contributed by atoms with Gasteiger partial charge in [-0.3, -0.25) is 19.0 Å². The van der Waals surface area contributed by atoms with Crippen LogP contribution in [0.2, 0.25) is 15.2 Å². The second-order valence-electron chi connectivity index (χ2n) is 27.0. The number of nitrogens with one attached hydrogen (secondary N) is 5. The van der Waals surface area contributed by atoms with Crippen LogP contribution in [0.1, 0.15) is 168 Å². The number of rotatable bonds is 11. The Morgan fingerprint density at radius 2 is 1.09 bits per heavy atom. The van der Waals surface area contributed by atoms with Crippen LogP contribution in [0.15, 0.2) is 60.9 Å². The van der Waals surface area contributed by atoms with Crippen molar-refractivity contribution in [2.75, 3.05) is 66.1 Å². The summed E-state index contributed by atoms with van der Waals surface area (Å²) in [6, 6.07) is 12.5. The molecule has 29 heteroatoms. The maximum absolute atomic E-state index is 13.9. The summed E-state index contributed by atoms with van der Waals surface area (Å²) in [6.45, 7) is 19.4. The third-order valence-electron chi connectivity index (χ3n) is 17.1. The second-order valence-corrected chi connectivity index (χ2v) is 31.7. The predicted octanol–water partition coefficient (Wildman–Crippen LogP) is 10.9. The molecule has 92 heavy (non-hydrogen) atoms. The molecule has 4 aromatic heterocycles. The number of sulfonamides is 2. The molecule has 5 N–H and O–H groups in total. The van der Waals surface area contributed by atoms with Crippen molar-refractivity contribution in [3.63, 3.8) is 0 Å². The molecule has 0 unspecified atom stereocenters. The number of fused-ring (bicyclic) bond motifs is 2. The molecular weight excluding hydrogens is 1280 g/mol. The maximum atomic E-state index is 13.9. The van der Waals surface area contributed by atoms with Gasteiger partial charge >= 0.3 is 12.2 Å². The molecule has 24 nitrogen and oxygen atoms in total. The summed E-state index contributed by atoms with van der Waals surface area (Å²) in [7, 11) is -7.18. The normalized spacial score (nSPS) is 20.7. The lowest BCUT2D eigenvalue weighted by Gasteiger charge is -2.35. The molecule has 4 saturated heterocycles. The number of carbonyl (C=O) groups is 4. The molecule has 6 fully saturated rings. The lowest BCUT2D eigenvalue weighted by Crippen LogP contribution is -2.44. The van der Waals surface area contributed by atoms with Crippen LogP contribution in [-0.2, 0) is 29.5 Å². The number of carbonyl (C=O) groups excluding carboxylic acids is 4. The Hall–Kier alpha value is -6.71. The average molecular weight is 1370 g/mol. The number of hydrogen-bond donors (Lipinski definition) is 5. The highest BCUT2D eigenvalue weighted by Crippen LogP contribution is 2.54. The van der Waals surface area contributed by atoms with Crippen molar-refractivity contribution >= 4 is 107 Å². The molecule has 6 aliphatic rings. The first kappa shape index (κ1) is 69.6. The topological polar surface area (TPSA) is 285 Å². The van der Waals surface area contributed by atoms with Gasteiger partial charge in [0.25, 0.3) is 11.8 Å². The molecule has 4 aliphatic heterocycles. The zero-order valence-corrected chi connectivity index (χ0v) is 56.9. The van der Waals surface area contributed by atoms with Crippen molar-refractivity contribution in [3.05, 3.63) is 110 Å². The zero-order valence-electron chi connectivity index (χ0n) is 53.0. The fourth-order valence-corrected chi connectivity index (χ4v) is 14.1. The lowest BCUT2D eigenvalue weighted by atomic mass is 9.98. The molecule has 8 heterocycles. The van der Waals surface area contributed by atoms with Crippen LogP contribution in [-0.4, -0.2) is 155 Å². The van der Waals surface area contributed by atoms with Crippen LogP contribution in [0.4, 0.5) is 26.8 Å². The Morgan fingerprint density at radius 1 is 0.630 bits per heavy atom. The van der Waals surface area contributed by atoms with Gasteiger partial charge in [0.05, 0.1) is 70.6 Å². The van der Waals surface area contributed by atoms with E-state index in [4.69, 9.17) is 54.4 Å². The van der Waals surface area contributed by atoms with Crippen molar-refractivity contribution in [3.8, 4) is 0 Å². The third kappa shape index (κ3) is 16.8. The molecule has 0 radical (unpaired) electrons. The highest BCUT2D eigenvalue weighted by atomic mass is 35.5. The molecule has 2 aromatic carbocycles. The Labute approximate surface area is 553 Å². The minimum atomic E-state index is -3.61. The fourth-order valence-electron chi connectivity index (χ4n) is 12.5. The molecule has 6 aromatic rings. The zero-order chi connectivity index (χ0) is 65.8. The molecule has 4 atom stereocenters. The number of halogens is 3. The van der Waals surface area contributed by atoms with Crippen molar-refractivity contribution < 1.29 is 45.5 Å². The number of amides is 4. The standard InChI is InChI=1S/C31H40ClN7O5S.C20H21Cl2N5O3S.C11H20N2O2.CH4/c1-19-16-39-26(34-27(19)37-17-25(31(18-37)11-12-31)33-29(41)44-30(2,3)4)15-23(35-39)24-8-6-7-13-38(24)28(40)21-14-20(32)9-10-22(21)36-45(5,42)43;1-12-11-27-18(23-19(12)22)10-16(24-27)17-5-3-4-8-26(17)20(28)14-9-13(21)6-7-15(14)25-31(2,29)30;1-10(2,3)15-9(14)13-8-6-12-7-11(8)4-5-11;/h9-10,14-16,24-25,36H,6-8,11-13,17-18H2,1-5H3,(H,33,41);6-7,9-11,17,25H,3-5,8H2,1-2H3;8,12H,4-7H2,1-3H3,(H,13,14);1H4/t24-,25+;17-;8-;/m001./s1. The van der Waals surface area contributed by atoms with E-state index in [2.05, 4.69) is 40.4 Å². The SMILES string of the molecule is C.CC(C)(C)OC(=O)N[C@@H]1CNCC12CC2.Cc1cn2nc([C@@H]3CCCCN3C(=O)c3cc(Cl)ccc3NS(C)(=O)=O)cc2nc1Cl.Cc1cn2nc([C@@H]3CCCCN3C(=O)c3cc(Cl)ccc3NS(C)(=O)=O)cc2nc1N1C[C@@H](NC(=O)OC(C)(C)C)C2(CC2)C1. The van der Waals surface area contributed by atoms with E-state index in [9.17, 15) is 36.0 Å². The van der Waals surface area contributed by atoms with Crippen LogP contribution in [0.25, 0.3) is 11.3 Å². The van der Waals surface area contributed by atoms with Crippen LogP contribution in [0.5, 0.6) is 0 Å². The van der Waals surface area contributed by atoms with Gasteiger partial charge in [-0.15, -0.1) is 0 Å². The Bertz CT molecular complexity index is 3970. The van der Waals surface area contributed by atoms with Crippen LogP contribution in [0, 0.1) is 24.7 Å². The summed E-state index contributed by atoms with van der Waals surface area (Å²) < 4.78 is 66.6. The lowest BCUT2D eigenvalue weighted by molar-refractivity contribution is 0.0482. The van der Waals surface area contributed by atoms with Gasteiger partial charge < -0.3 is 40.1 Å². The van der Waals surface area contributed by atoms with Crippen LogP contribution < -0.4 is 30.3 Å². The van der Waals surface area contributed by atoms with E-state index in [0.29, 0.717) is 63.7 Å². The number of likely N-dealkylation sites (tertiary alicyclic amines) is 2. The minimum Gasteiger partial charge on any atom is -0.444 e. The first-order valence-corrected chi connectivity index (χ1v) is 35.6. The van der Waals surface area contributed by atoms with E-state index in [-0.39, 0.29) is 77.4 Å².